The number of hydrogen-bond donors (Lipinski definition) is 1. The second-order valence-corrected chi connectivity index (χ2v) is 6.28. The fourth-order valence-electron chi connectivity index (χ4n) is 3.03. The molecular weight excluding hydrogens is 296 g/mol. The van der Waals surface area contributed by atoms with Crippen LogP contribution in [-0.4, -0.2) is 30.4 Å². The van der Waals surface area contributed by atoms with Crippen molar-refractivity contribution in [2.24, 2.45) is 0 Å². The highest BCUT2D eigenvalue weighted by Gasteiger charge is 2.15. The maximum absolute atomic E-state index is 12.2. The van der Waals surface area contributed by atoms with Gasteiger partial charge in [-0.25, -0.2) is 0 Å². The maximum Gasteiger partial charge on any atom is 0.234 e. The molecule has 0 saturated heterocycles. The Labute approximate surface area is 144 Å². The van der Waals surface area contributed by atoms with Gasteiger partial charge >= 0.3 is 0 Å². The van der Waals surface area contributed by atoms with E-state index < -0.39 is 0 Å². The number of nitrogens with zero attached hydrogens (tertiary/aromatic N) is 1. The first-order valence-electron chi connectivity index (χ1n) is 8.50. The molecule has 0 radical (unpaired) electrons. The molecule has 24 heavy (non-hydrogen) atoms. The van der Waals surface area contributed by atoms with Crippen LogP contribution in [0.5, 0.6) is 0 Å². The standard InChI is InChI=1S/C21H24N2O/c1-17-7-5-6-10-20(17)15-22-21(24)16-23-13-11-19(12-14-23)18-8-3-2-4-9-18/h2-11H,12-16H2,1H3,(H,22,24). The van der Waals surface area contributed by atoms with Crippen LogP contribution in [0.4, 0.5) is 0 Å². The summed E-state index contributed by atoms with van der Waals surface area (Å²) >= 11 is 0. The number of carbonyl (C=O) groups excluding carboxylic acids is 1. The van der Waals surface area contributed by atoms with E-state index in [1.54, 1.807) is 0 Å². The van der Waals surface area contributed by atoms with Gasteiger partial charge in [-0.05, 0) is 35.6 Å². The van der Waals surface area contributed by atoms with Crippen LogP contribution in [0.3, 0.4) is 0 Å². The molecule has 1 amide bonds. The van der Waals surface area contributed by atoms with E-state index in [-0.39, 0.29) is 5.91 Å². The Balaban J connectivity index is 1.48. The molecule has 0 unspecified atom stereocenters. The fourth-order valence-corrected chi connectivity index (χ4v) is 3.03. The Bertz CT molecular complexity index is 722. The summed E-state index contributed by atoms with van der Waals surface area (Å²) in [7, 11) is 0. The quantitative estimate of drug-likeness (QED) is 0.916. The summed E-state index contributed by atoms with van der Waals surface area (Å²) in [6, 6.07) is 18.6. The highest BCUT2D eigenvalue weighted by Crippen LogP contribution is 2.21. The predicted molar refractivity (Wildman–Crippen MR) is 98.5 cm³/mol. The van der Waals surface area contributed by atoms with E-state index in [1.807, 2.05) is 18.2 Å². The molecule has 0 spiro atoms. The number of carbonyl (C=O) groups is 1. The van der Waals surface area contributed by atoms with Crippen molar-refractivity contribution < 1.29 is 4.79 Å². The molecule has 2 aromatic carbocycles. The van der Waals surface area contributed by atoms with E-state index >= 15 is 0 Å². The van der Waals surface area contributed by atoms with Gasteiger partial charge in [0.2, 0.25) is 5.91 Å². The number of hydrogen-bond acceptors (Lipinski definition) is 2. The van der Waals surface area contributed by atoms with Gasteiger partial charge in [-0.15, -0.1) is 0 Å². The zero-order valence-corrected chi connectivity index (χ0v) is 14.2. The second-order valence-electron chi connectivity index (χ2n) is 6.28. The average Bonchev–Trinajstić information content (AvgIpc) is 2.62. The summed E-state index contributed by atoms with van der Waals surface area (Å²) in [5.41, 5.74) is 5.07. The summed E-state index contributed by atoms with van der Waals surface area (Å²) in [4.78, 5) is 14.4. The third-order valence-electron chi connectivity index (χ3n) is 4.54. The van der Waals surface area contributed by atoms with Gasteiger partial charge in [0, 0.05) is 19.6 Å². The van der Waals surface area contributed by atoms with Gasteiger partial charge in [-0.1, -0.05) is 60.7 Å². The minimum atomic E-state index is 0.0924. The molecule has 0 aliphatic carbocycles. The number of aryl methyl sites for hydroxylation is 1. The number of rotatable bonds is 5. The zero-order valence-electron chi connectivity index (χ0n) is 14.2. The molecule has 1 N–H and O–H groups in total. The topological polar surface area (TPSA) is 32.3 Å². The molecule has 3 heteroatoms. The number of amides is 1. The van der Waals surface area contributed by atoms with Crippen LogP contribution in [0.2, 0.25) is 0 Å². The van der Waals surface area contributed by atoms with E-state index in [2.05, 4.69) is 59.6 Å². The van der Waals surface area contributed by atoms with Gasteiger partial charge in [0.15, 0.2) is 0 Å². The summed E-state index contributed by atoms with van der Waals surface area (Å²) in [6.45, 7) is 4.90. The molecule has 124 valence electrons. The van der Waals surface area contributed by atoms with Crippen molar-refractivity contribution in [3.63, 3.8) is 0 Å². The molecule has 1 aliphatic rings. The third kappa shape index (κ3) is 4.33. The Kier molecular flexibility index (Phi) is 5.44. The summed E-state index contributed by atoms with van der Waals surface area (Å²) < 4.78 is 0. The van der Waals surface area contributed by atoms with Crippen molar-refractivity contribution in [3.05, 3.63) is 77.4 Å². The van der Waals surface area contributed by atoms with Crippen LogP contribution in [-0.2, 0) is 11.3 Å². The van der Waals surface area contributed by atoms with Gasteiger partial charge in [-0.2, -0.15) is 0 Å². The van der Waals surface area contributed by atoms with Gasteiger partial charge in [-0.3, -0.25) is 9.69 Å². The SMILES string of the molecule is Cc1ccccc1CNC(=O)CN1CC=C(c2ccccc2)CC1. The minimum Gasteiger partial charge on any atom is -0.351 e. The van der Waals surface area contributed by atoms with Crippen molar-refractivity contribution >= 4 is 11.5 Å². The highest BCUT2D eigenvalue weighted by molar-refractivity contribution is 5.78. The third-order valence-corrected chi connectivity index (χ3v) is 4.54. The molecule has 3 rings (SSSR count). The highest BCUT2D eigenvalue weighted by atomic mass is 16.2. The second kappa shape index (κ2) is 7.93. The van der Waals surface area contributed by atoms with Gasteiger partial charge in [0.1, 0.15) is 0 Å². The van der Waals surface area contributed by atoms with Gasteiger partial charge in [0.05, 0.1) is 6.54 Å². The predicted octanol–water partition coefficient (Wildman–Crippen LogP) is 3.40. The van der Waals surface area contributed by atoms with Crippen molar-refractivity contribution in [1.29, 1.82) is 0 Å². The maximum atomic E-state index is 12.2. The Morgan fingerprint density at radius 1 is 1.08 bits per heavy atom. The van der Waals surface area contributed by atoms with E-state index in [0.29, 0.717) is 13.1 Å². The average molecular weight is 320 g/mol. The molecule has 1 aliphatic heterocycles. The fraction of sp³-hybridized carbons (Fsp3) is 0.286. The smallest absolute Gasteiger partial charge is 0.234 e. The molecule has 0 aromatic heterocycles. The van der Waals surface area contributed by atoms with Crippen LogP contribution in [0.25, 0.3) is 5.57 Å². The summed E-state index contributed by atoms with van der Waals surface area (Å²) in [5.74, 6) is 0.0924. The largest absolute Gasteiger partial charge is 0.351 e. The van der Waals surface area contributed by atoms with Crippen molar-refractivity contribution in [2.75, 3.05) is 19.6 Å². The Morgan fingerprint density at radius 2 is 1.83 bits per heavy atom. The normalized spacial score (nSPS) is 15.0. The summed E-state index contributed by atoms with van der Waals surface area (Å²) in [6.07, 6.45) is 3.24. The molecule has 0 bridgehead atoms. The molecule has 2 aromatic rings. The van der Waals surface area contributed by atoms with E-state index in [4.69, 9.17) is 0 Å². The number of nitrogens with one attached hydrogen (secondary N) is 1. The van der Waals surface area contributed by atoms with E-state index in [0.717, 1.165) is 19.5 Å². The lowest BCUT2D eigenvalue weighted by atomic mass is 10.00. The monoisotopic (exact) mass is 320 g/mol. The van der Waals surface area contributed by atoms with Crippen molar-refractivity contribution in [2.45, 2.75) is 19.9 Å². The van der Waals surface area contributed by atoms with E-state index in [1.165, 1.54) is 22.3 Å². The first-order valence-corrected chi connectivity index (χ1v) is 8.50. The van der Waals surface area contributed by atoms with Crippen molar-refractivity contribution in [1.82, 2.24) is 10.2 Å². The molecule has 0 fully saturated rings. The molecular formula is C21H24N2O. The minimum absolute atomic E-state index is 0.0924. The lowest BCUT2D eigenvalue weighted by Crippen LogP contribution is -2.39. The van der Waals surface area contributed by atoms with Crippen LogP contribution < -0.4 is 5.32 Å². The van der Waals surface area contributed by atoms with Crippen LogP contribution in [0, 0.1) is 6.92 Å². The molecule has 1 heterocycles. The molecule has 3 nitrogen and oxygen atoms in total. The van der Waals surface area contributed by atoms with Gasteiger partial charge < -0.3 is 5.32 Å². The van der Waals surface area contributed by atoms with Crippen LogP contribution in [0.1, 0.15) is 23.1 Å². The number of benzene rings is 2. The Hall–Kier alpha value is -2.39. The van der Waals surface area contributed by atoms with E-state index in [9.17, 15) is 4.79 Å². The molecule has 0 saturated carbocycles. The van der Waals surface area contributed by atoms with Crippen LogP contribution >= 0.6 is 0 Å². The Morgan fingerprint density at radius 3 is 2.54 bits per heavy atom. The summed E-state index contributed by atoms with van der Waals surface area (Å²) in [5, 5.41) is 3.03. The first-order chi connectivity index (χ1) is 11.7. The lowest BCUT2D eigenvalue weighted by molar-refractivity contribution is -0.122. The molecule has 0 atom stereocenters. The van der Waals surface area contributed by atoms with Crippen molar-refractivity contribution in [3.8, 4) is 0 Å². The van der Waals surface area contributed by atoms with Gasteiger partial charge in [0.25, 0.3) is 0 Å². The zero-order chi connectivity index (χ0) is 16.8. The lowest BCUT2D eigenvalue weighted by Gasteiger charge is -2.26. The van der Waals surface area contributed by atoms with Crippen LogP contribution in [0.15, 0.2) is 60.7 Å². The first kappa shape index (κ1) is 16.5.